The number of furan rings is 2. The first-order chi connectivity index (χ1) is 31.4. The maximum atomic E-state index is 7.00. The number of fused-ring (bicyclic) bond motifs is 14. The lowest BCUT2D eigenvalue weighted by atomic mass is 9.62. The molecule has 2 aliphatic rings. The molecule has 0 amide bonds. The number of rotatable bonds is 3. The van der Waals surface area contributed by atoms with Gasteiger partial charge < -0.3 is 18.7 Å². The number of anilines is 2. The largest absolute Gasteiger partial charge is 0.469 e. The molecule has 66 heavy (non-hydrogen) atoms. The van der Waals surface area contributed by atoms with Gasteiger partial charge in [-0.1, -0.05) is 118 Å². The van der Waals surface area contributed by atoms with Gasteiger partial charge in [0.1, 0.15) is 16.7 Å². The lowest BCUT2D eigenvalue weighted by Gasteiger charge is -2.41. The molecule has 0 saturated carbocycles. The third-order valence-corrected chi connectivity index (χ3v) is 16.7. The summed E-state index contributed by atoms with van der Waals surface area (Å²) in [4.78, 5) is 0. The van der Waals surface area contributed by atoms with E-state index in [2.05, 4.69) is 194 Å². The van der Waals surface area contributed by atoms with Gasteiger partial charge in [-0.2, -0.15) is 0 Å². The van der Waals surface area contributed by atoms with Crippen LogP contribution in [0.1, 0.15) is 104 Å². The third-order valence-electron chi connectivity index (χ3n) is 15.6. The van der Waals surface area contributed by atoms with Gasteiger partial charge in [-0.05, 0) is 135 Å². The fourth-order valence-corrected chi connectivity index (χ4v) is 12.7. The number of nitrogens with one attached hydrogen (secondary N) is 1. The van der Waals surface area contributed by atoms with Crippen LogP contribution in [0.4, 0.5) is 11.4 Å². The van der Waals surface area contributed by atoms with E-state index >= 15 is 0 Å². The zero-order valence-corrected chi connectivity index (χ0v) is 40.6. The standard InChI is InChI=1S/C60H55BN2O2S/c1-57(2,3)32-15-18-34(19-16-32)62-46-28-41-40-27-44-45(60(9,10)24-23-59(44,7)8)30-50(40)64-49(41)29-38(46)36-20-21-37-39-26-42-35-13-11-12-14-51(35)66-52(42)31-47(39)63-54(37)53(36)61-56-55(63)43-25-33(58(4,5)6)17-22-48(43)65-56/h11-22,25-31,61-62H,23-24H2,1-10H3. The fourth-order valence-electron chi connectivity index (χ4n) is 11.6. The van der Waals surface area contributed by atoms with Gasteiger partial charge in [0.15, 0.2) is 0 Å². The first-order valence-electron chi connectivity index (χ1n) is 23.8. The minimum atomic E-state index is -0.00704. The SMILES string of the molecule is CC(C)(C)c1ccc(Nc2cc3c(cc2-c2ccc4c5cc6c(cc5n5c4c2Bc2oc4ccc(C(C)(C)C)cc4c2-5)sc2ccccc26)oc2cc4c(cc23)C(C)(C)CCC4(C)C)cc1. The summed E-state index contributed by atoms with van der Waals surface area (Å²) in [5.74, 6) is 0. The zero-order chi connectivity index (χ0) is 45.4. The van der Waals surface area contributed by atoms with E-state index in [1.165, 1.54) is 91.7 Å². The second kappa shape index (κ2) is 13.2. The second-order valence-corrected chi connectivity index (χ2v) is 24.0. The lowest BCUT2D eigenvalue weighted by Crippen LogP contribution is -2.36. The van der Waals surface area contributed by atoms with Crippen LogP contribution in [0.3, 0.4) is 0 Å². The number of thiophene rings is 1. The van der Waals surface area contributed by atoms with Crippen molar-refractivity contribution < 1.29 is 8.83 Å². The van der Waals surface area contributed by atoms with Gasteiger partial charge in [0.05, 0.1) is 16.9 Å². The summed E-state index contributed by atoms with van der Waals surface area (Å²) in [7, 11) is 0.671. The topological polar surface area (TPSA) is 43.2 Å². The van der Waals surface area contributed by atoms with E-state index in [1.807, 2.05) is 11.3 Å². The van der Waals surface area contributed by atoms with Gasteiger partial charge in [-0.25, -0.2) is 0 Å². The van der Waals surface area contributed by atoms with Gasteiger partial charge in [0, 0.05) is 69.6 Å². The fraction of sp³-hybridized carbons (Fsp3) is 0.267. The van der Waals surface area contributed by atoms with Crippen molar-refractivity contribution in [2.75, 3.05) is 5.32 Å². The van der Waals surface area contributed by atoms with Crippen LogP contribution < -0.4 is 16.4 Å². The van der Waals surface area contributed by atoms with E-state index in [9.17, 15) is 0 Å². The molecule has 0 atom stereocenters. The van der Waals surface area contributed by atoms with Crippen LogP contribution in [0.2, 0.25) is 0 Å². The first-order valence-corrected chi connectivity index (χ1v) is 24.6. The number of nitrogens with zero attached hydrogens (tertiary/aromatic N) is 1. The highest BCUT2D eigenvalue weighted by molar-refractivity contribution is 7.25. The van der Waals surface area contributed by atoms with E-state index in [0.29, 0.717) is 7.28 Å². The Labute approximate surface area is 390 Å². The van der Waals surface area contributed by atoms with Gasteiger partial charge in [-0.15, -0.1) is 11.3 Å². The summed E-state index contributed by atoms with van der Waals surface area (Å²) in [5, 5.41) is 12.6. The minimum Gasteiger partial charge on any atom is -0.469 e. The Hall–Kier alpha value is -6.24. The predicted octanol–water partition coefficient (Wildman–Crippen LogP) is 15.9. The average Bonchev–Trinajstić information content (AvgIpc) is 4.02. The molecule has 7 aromatic carbocycles. The molecule has 13 rings (SSSR count). The summed E-state index contributed by atoms with van der Waals surface area (Å²) < 4.78 is 19.2. The Morgan fingerprint density at radius 3 is 2.02 bits per heavy atom. The maximum absolute atomic E-state index is 7.00. The van der Waals surface area contributed by atoms with E-state index in [0.717, 1.165) is 57.6 Å². The Kier molecular flexibility index (Phi) is 8.03. The normalized spacial score (nSPS) is 15.7. The molecule has 0 spiro atoms. The van der Waals surface area contributed by atoms with Crippen molar-refractivity contribution in [2.45, 2.75) is 104 Å². The molecule has 4 aromatic heterocycles. The average molecular weight is 879 g/mol. The molecular weight excluding hydrogens is 824 g/mol. The molecule has 326 valence electrons. The molecule has 5 heterocycles. The highest BCUT2D eigenvalue weighted by atomic mass is 32.1. The van der Waals surface area contributed by atoms with Gasteiger partial charge in [0.2, 0.25) is 7.28 Å². The predicted molar refractivity (Wildman–Crippen MR) is 285 cm³/mol. The van der Waals surface area contributed by atoms with Crippen molar-refractivity contribution >= 4 is 116 Å². The van der Waals surface area contributed by atoms with E-state index < -0.39 is 0 Å². The van der Waals surface area contributed by atoms with Gasteiger partial charge in [-0.3, -0.25) is 0 Å². The highest BCUT2D eigenvalue weighted by Gasteiger charge is 2.38. The summed E-state index contributed by atoms with van der Waals surface area (Å²) in [6.45, 7) is 23.3. The monoisotopic (exact) mass is 878 g/mol. The van der Waals surface area contributed by atoms with Crippen LogP contribution >= 0.6 is 11.3 Å². The number of aromatic nitrogens is 1. The number of hydrogen-bond acceptors (Lipinski definition) is 4. The summed E-state index contributed by atoms with van der Waals surface area (Å²) in [5.41, 5.74) is 18.8. The minimum absolute atomic E-state index is 0.00704. The van der Waals surface area contributed by atoms with Crippen LogP contribution in [0.25, 0.3) is 91.7 Å². The summed E-state index contributed by atoms with van der Waals surface area (Å²) >= 11 is 1.88. The van der Waals surface area contributed by atoms with Crippen molar-refractivity contribution in [3.8, 4) is 16.8 Å². The molecule has 6 heteroatoms. The number of benzene rings is 7. The van der Waals surface area contributed by atoms with Crippen LogP contribution in [0.5, 0.6) is 0 Å². The number of hydrogen-bond donors (Lipinski definition) is 1. The van der Waals surface area contributed by atoms with Crippen LogP contribution in [-0.4, -0.2) is 11.8 Å². The van der Waals surface area contributed by atoms with E-state index in [-0.39, 0.29) is 21.7 Å². The summed E-state index contributed by atoms with van der Waals surface area (Å²) in [6, 6.07) is 43.8. The second-order valence-electron chi connectivity index (χ2n) is 22.9. The molecule has 0 saturated heterocycles. The van der Waals surface area contributed by atoms with Crippen molar-refractivity contribution in [3.05, 3.63) is 138 Å². The molecule has 1 N–H and O–H groups in total. The molecule has 0 fully saturated rings. The van der Waals surface area contributed by atoms with Crippen molar-refractivity contribution in [1.29, 1.82) is 0 Å². The molecule has 11 aromatic rings. The smallest absolute Gasteiger partial charge is 0.244 e. The maximum Gasteiger partial charge on any atom is 0.244 e. The molecule has 0 radical (unpaired) electrons. The van der Waals surface area contributed by atoms with Crippen LogP contribution in [0, 0.1) is 0 Å². The quantitative estimate of drug-likeness (QED) is 0.180. The molecule has 0 bridgehead atoms. The molecule has 1 aliphatic carbocycles. The van der Waals surface area contributed by atoms with E-state index in [4.69, 9.17) is 8.83 Å². The Morgan fingerprint density at radius 1 is 0.561 bits per heavy atom. The van der Waals surface area contributed by atoms with Crippen LogP contribution in [-0.2, 0) is 21.7 Å². The van der Waals surface area contributed by atoms with Gasteiger partial charge in [0.25, 0.3) is 0 Å². The first kappa shape index (κ1) is 40.1. The lowest BCUT2D eigenvalue weighted by molar-refractivity contribution is 0.332. The molecule has 0 unspecified atom stereocenters. The molecule has 1 aliphatic heterocycles. The molecular formula is C60H55BN2O2S. The Bertz CT molecular complexity index is 3890. The van der Waals surface area contributed by atoms with E-state index in [1.54, 1.807) is 0 Å². The van der Waals surface area contributed by atoms with Crippen molar-refractivity contribution in [1.82, 2.24) is 4.57 Å². The third kappa shape index (κ3) is 5.76. The summed E-state index contributed by atoms with van der Waals surface area (Å²) in [6.07, 6.45) is 2.32. The Balaban J connectivity index is 1.10. The van der Waals surface area contributed by atoms with Gasteiger partial charge >= 0.3 is 0 Å². The highest BCUT2D eigenvalue weighted by Crippen LogP contribution is 2.50. The van der Waals surface area contributed by atoms with Crippen molar-refractivity contribution in [3.63, 3.8) is 0 Å². The van der Waals surface area contributed by atoms with Crippen molar-refractivity contribution in [2.24, 2.45) is 0 Å². The zero-order valence-electron chi connectivity index (χ0n) is 39.8. The molecule has 4 nitrogen and oxygen atoms in total. The van der Waals surface area contributed by atoms with Crippen LogP contribution in [0.15, 0.2) is 124 Å². The Morgan fingerprint density at radius 2 is 1.26 bits per heavy atom.